The highest BCUT2D eigenvalue weighted by molar-refractivity contribution is 5.95. The van der Waals surface area contributed by atoms with E-state index in [2.05, 4.69) is 0 Å². The summed E-state index contributed by atoms with van der Waals surface area (Å²) in [7, 11) is 0. The number of rotatable bonds is 3. The summed E-state index contributed by atoms with van der Waals surface area (Å²) in [5.41, 5.74) is 1.10. The predicted molar refractivity (Wildman–Crippen MR) is 80.2 cm³/mol. The van der Waals surface area contributed by atoms with Crippen molar-refractivity contribution in [2.45, 2.75) is 25.8 Å². The summed E-state index contributed by atoms with van der Waals surface area (Å²) in [6, 6.07) is 9.66. The fourth-order valence-electron chi connectivity index (χ4n) is 3.19. The van der Waals surface area contributed by atoms with Crippen LogP contribution < -0.4 is 0 Å². The normalized spacial score (nSPS) is 28.5. The molecule has 0 spiro atoms. The van der Waals surface area contributed by atoms with Crippen LogP contribution in [0.2, 0.25) is 0 Å². The second-order valence-corrected chi connectivity index (χ2v) is 6.08. The van der Waals surface area contributed by atoms with E-state index in [0.717, 1.165) is 5.56 Å². The number of hydrogen-bond donors (Lipinski definition) is 0. The van der Waals surface area contributed by atoms with Gasteiger partial charge in [0.1, 0.15) is 6.61 Å². The first-order valence-corrected chi connectivity index (χ1v) is 7.78. The average molecular weight is 303 g/mol. The number of nitrogens with zero attached hydrogens (tertiary/aromatic N) is 1. The van der Waals surface area contributed by atoms with Gasteiger partial charge in [-0.15, -0.1) is 0 Å². The maximum Gasteiger partial charge on any atom is 0.416 e. The van der Waals surface area contributed by atoms with Crippen LogP contribution >= 0.6 is 0 Å². The Morgan fingerprint density at radius 1 is 1.27 bits per heavy atom. The molecule has 2 amide bonds. The van der Waals surface area contributed by atoms with Crippen LogP contribution in [0.1, 0.15) is 18.9 Å². The molecule has 5 heteroatoms. The largest absolute Gasteiger partial charge is 0.447 e. The number of hydrogen-bond acceptors (Lipinski definition) is 4. The Hall–Kier alpha value is -1.88. The molecule has 0 saturated carbocycles. The molecule has 0 bridgehead atoms. The molecule has 2 heterocycles. The van der Waals surface area contributed by atoms with Crippen molar-refractivity contribution in [2.24, 2.45) is 11.8 Å². The van der Waals surface area contributed by atoms with Crippen molar-refractivity contribution in [3.8, 4) is 0 Å². The zero-order chi connectivity index (χ0) is 15.5. The Morgan fingerprint density at radius 2 is 2.05 bits per heavy atom. The Labute approximate surface area is 130 Å². The van der Waals surface area contributed by atoms with Gasteiger partial charge in [0, 0.05) is 19.1 Å². The van der Waals surface area contributed by atoms with E-state index in [1.807, 2.05) is 37.3 Å². The lowest BCUT2D eigenvalue weighted by atomic mass is 9.88. The van der Waals surface area contributed by atoms with E-state index in [0.29, 0.717) is 26.1 Å². The third-order valence-corrected chi connectivity index (χ3v) is 4.47. The Morgan fingerprint density at radius 3 is 2.77 bits per heavy atom. The van der Waals surface area contributed by atoms with Crippen LogP contribution in [0.4, 0.5) is 4.79 Å². The summed E-state index contributed by atoms with van der Waals surface area (Å²) in [6.07, 6.45) is 0.794. The van der Waals surface area contributed by atoms with Gasteiger partial charge in [-0.25, -0.2) is 9.69 Å². The van der Waals surface area contributed by atoms with Crippen molar-refractivity contribution in [1.29, 1.82) is 0 Å². The second kappa shape index (κ2) is 6.48. The second-order valence-electron chi connectivity index (χ2n) is 6.08. The topological polar surface area (TPSA) is 55.8 Å². The van der Waals surface area contributed by atoms with E-state index in [-0.39, 0.29) is 30.4 Å². The van der Waals surface area contributed by atoms with Crippen molar-refractivity contribution in [3.63, 3.8) is 0 Å². The molecule has 5 nitrogen and oxygen atoms in total. The fraction of sp³-hybridized carbons (Fsp3) is 0.529. The highest BCUT2D eigenvalue weighted by atomic mass is 16.6. The van der Waals surface area contributed by atoms with Crippen molar-refractivity contribution < 1.29 is 19.1 Å². The highest BCUT2D eigenvalue weighted by Crippen LogP contribution is 2.27. The Balaban J connectivity index is 1.74. The van der Waals surface area contributed by atoms with Gasteiger partial charge in [-0.3, -0.25) is 4.79 Å². The quantitative estimate of drug-likeness (QED) is 0.859. The summed E-state index contributed by atoms with van der Waals surface area (Å²) in [5.74, 6) is -0.135. The molecule has 0 radical (unpaired) electrons. The molecule has 1 unspecified atom stereocenters. The summed E-state index contributed by atoms with van der Waals surface area (Å²) >= 11 is 0. The van der Waals surface area contributed by atoms with E-state index < -0.39 is 6.09 Å². The van der Waals surface area contributed by atoms with Crippen molar-refractivity contribution >= 4 is 12.0 Å². The predicted octanol–water partition coefficient (Wildman–Crippen LogP) is 2.25. The zero-order valence-electron chi connectivity index (χ0n) is 12.7. The standard InChI is InChI=1S/C17H21NO4/c1-12-10-21-8-7-15(12)16(19)18-14(11-22-17(18)20)9-13-5-3-2-4-6-13/h2-6,12,14-15H,7-11H2,1H3/t12-,14?,15-/m1/s1. The number of cyclic esters (lactones) is 1. The smallest absolute Gasteiger partial charge is 0.416 e. The molecule has 2 saturated heterocycles. The van der Waals surface area contributed by atoms with Gasteiger partial charge in [0.2, 0.25) is 5.91 Å². The molecule has 1 aromatic rings. The van der Waals surface area contributed by atoms with Gasteiger partial charge >= 0.3 is 6.09 Å². The number of benzene rings is 1. The third kappa shape index (κ3) is 2.99. The molecular weight excluding hydrogens is 282 g/mol. The van der Waals surface area contributed by atoms with E-state index in [9.17, 15) is 9.59 Å². The molecule has 118 valence electrons. The molecule has 0 aromatic heterocycles. The molecule has 2 fully saturated rings. The molecule has 3 rings (SSSR count). The lowest BCUT2D eigenvalue weighted by Gasteiger charge is -2.31. The first-order chi connectivity index (χ1) is 10.7. The van der Waals surface area contributed by atoms with Gasteiger partial charge < -0.3 is 9.47 Å². The Kier molecular flexibility index (Phi) is 4.43. The SMILES string of the molecule is C[C@@H]1COCC[C@H]1C(=O)N1C(=O)OCC1Cc1ccccc1. The molecule has 1 aromatic carbocycles. The summed E-state index contributed by atoms with van der Waals surface area (Å²) < 4.78 is 10.5. The number of imide groups is 1. The summed E-state index contributed by atoms with van der Waals surface area (Å²) in [6.45, 7) is 3.42. The molecule has 22 heavy (non-hydrogen) atoms. The van der Waals surface area contributed by atoms with Gasteiger partial charge in [0.05, 0.1) is 6.04 Å². The van der Waals surface area contributed by atoms with Crippen molar-refractivity contribution in [1.82, 2.24) is 4.90 Å². The maximum absolute atomic E-state index is 12.8. The molecule has 0 aliphatic carbocycles. The van der Waals surface area contributed by atoms with Crippen molar-refractivity contribution in [3.05, 3.63) is 35.9 Å². The maximum atomic E-state index is 12.8. The molecule has 3 atom stereocenters. The van der Waals surface area contributed by atoms with Gasteiger partial charge in [-0.05, 0) is 24.3 Å². The van der Waals surface area contributed by atoms with E-state index >= 15 is 0 Å². The monoisotopic (exact) mass is 303 g/mol. The summed E-state index contributed by atoms with van der Waals surface area (Å²) in [4.78, 5) is 26.1. The third-order valence-electron chi connectivity index (χ3n) is 4.47. The number of ether oxygens (including phenoxy) is 2. The van der Waals surface area contributed by atoms with Gasteiger partial charge in [0.15, 0.2) is 0 Å². The lowest BCUT2D eigenvalue weighted by Crippen LogP contribution is -2.47. The van der Waals surface area contributed by atoms with Crippen LogP contribution in [0, 0.1) is 11.8 Å². The van der Waals surface area contributed by atoms with Crippen LogP contribution in [0.25, 0.3) is 0 Å². The molecule has 2 aliphatic rings. The Bertz CT molecular complexity index is 545. The van der Waals surface area contributed by atoms with Gasteiger partial charge in [-0.1, -0.05) is 37.3 Å². The molecule has 2 aliphatic heterocycles. The van der Waals surface area contributed by atoms with E-state index in [1.165, 1.54) is 4.90 Å². The van der Waals surface area contributed by atoms with Gasteiger partial charge in [0.25, 0.3) is 0 Å². The minimum atomic E-state index is -0.510. The van der Waals surface area contributed by atoms with Crippen LogP contribution in [-0.2, 0) is 20.7 Å². The lowest BCUT2D eigenvalue weighted by molar-refractivity contribution is -0.139. The van der Waals surface area contributed by atoms with Gasteiger partial charge in [-0.2, -0.15) is 0 Å². The average Bonchev–Trinajstić information content (AvgIpc) is 2.89. The number of carbonyl (C=O) groups is 2. The first-order valence-electron chi connectivity index (χ1n) is 7.78. The van der Waals surface area contributed by atoms with E-state index in [1.54, 1.807) is 0 Å². The zero-order valence-corrected chi connectivity index (χ0v) is 12.7. The molecule has 0 N–H and O–H groups in total. The van der Waals surface area contributed by atoms with Crippen LogP contribution in [0.15, 0.2) is 30.3 Å². The van der Waals surface area contributed by atoms with E-state index in [4.69, 9.17) is 9.47 Å². The number of carbonyl (C=O) groups excluding carboxylic acids is 2. The summed E-state index contributed by atoms with van der Waals surface area (Å²) in [5, 5.41) is 0. The minimum Gasteiger partial charge on any atom is -0.447 e. The molecular formula is C17H21NO4. The van der Waals surface area contributed by atoms with Crippen LogP contribution in [0.3, 0.4) is 0 Å². The fourth-order valence-corrected chi connectivity index (χ4v) is 3.19. The van der Waals surface area contributed by atoms with Crippen molar-refractivity contribution in [2.75, 3.05) is 19.8 Å². The van der Waals surface area contributed by atoms with Crippen LogP contribution in [-0.4, -0.2) is 42.8 Å². The highest BCUT2D eigenvalue weighted by Gasteiger charge is 2.42. The minimum absolute atomic E-state index is 0.112. The van der Waals surface area contributed by atoms with Crippen LogP contribution in [0.5, 0.6) is 0 Å². The number of amides is 2. The first kappa shape index (κ1) is 15.0.